The molecular weight excluding hydrogens is 480 g/mol. The van der Waals surface area contributed by atoms with Crippen molar-refractivity contribution in [2.24, 2.45) is 0 Å². The van der Waals surface area contributed by atoms with E-state index in [0.29, 0.717) is 16.6 Å². The van der Waals surface area contributed by atoms with Crippen LogP contribution in [-0.4, -0.2) is 28.9 Å². The van der Waals surface area contributed by atoms with E-state index in [-0.39, 0.29) is 12.1 Å². The molecule has 2 aromatic heterocycles. The summed E-state index contributed by atoms with van der Waals surface area (Å²) in [5, 5.41) is 4.83. The number of benzene rings is 2. The van der Waals surface area contributed by atoms with Crippen LogP contribution in [0.5, 0.6) is 11.5 Å². The lowest BCUT2D eigenvalue weighted by Gasteiger charge is -2.30. The molecule has 0 radical (unpaired) electrons. The molecule has 0 amide bonds. The highest BCUT2D eigenvalue weighted by atomic mass is 35.5. The van der Waals surface area contributed by atoms with Gasteiger partial charge in [0.05, 0.1) is 31.6 Å². The molecule has 8 heteroatoms. The first kappa shape index (κ1) is 23.2. The number of aryl methyl sites for hydroxylation is 1. The van der Waals surface area contributed by atoms with Gasteiger partial charge in [0.15, 0.2) is 5.11 Å². The molecule has 5 rings (SSSR count). The topological polar surface area (TPSA) is 51.6 Å². The highest BCUT2D eigenvalue weighted by Crippen LogP contribution is 2.46. The predicted octanol–water partition coefficient (Wildman–Crippen LogP) is 6.03. The van der Waals surface area contributed by atoms with Crippen molar-refractivity contribution in [1.82, 2.24) is 14.9 Å². The van der Waals surface area contributed by atoms with Crippen molar-refractivity contribution >= 4 is 34.6 Å². The fourth-order valence-corrected chi connectivity index (χ4v) is 5.01. The van der Waals surface area contributed by atoms with Gasteiger partial charge in [0.1, 0.15) is 17.5 Å². The summed E-state index contributed by atoms with van der Waals surface area (Å²) >= 11 is 12.2. The summed E-state index contributed by atoms with van der Waals surface area (Å²) < 4.78 is 13.4. The van der Waals surface area contributed by atoms with Crippen molar-refractivity contribution in [3.8, 4) is 17.2 Å². The normalized spacial score (nSPS) is 17.4. The van der Waals surface area contributed by atoms with Gasteiger partial charge in [-0.2, -0.15) is 0 Å². The van der Waals surface area contributed by atoms with E-state index >= 15 is 0 Å². The van der Waals surface area contributed by atoms with Crippen LogP contribution in [0.2, 0.25) is 5.02 Å². The highest BCUT2D eigenvalue weighted by molar-refractivity contribution is 7.80. The standard InChI is InChI=1S/C27H25ClN4O2S/c1-17-15-18(9-11-20(17)28)31-14-6-8-22(31)26-25(21-7-4-5-13-29-21)30-27(35)32(26)23-16-19(33-2)10-12-24(23)34-3/h4-16,25-26H,1-3H3,(H,30,35)/t25-,26-/m1/s1. The molecule has 0 spiro atoms. The van der Waals surface area contributed by atoms with Crippen molar-refractivity contribution in [3.63, 3.8) is 0 Å². The van der Waals surface area contributed by atoms with Gasteiger partial charge in [-0.15, -0.1) is 0 Å². The van der Waals surface area contributed by atoms with E-state index < -0.39 is 0 Å². The van der Waals surface area contributed by atoms with E-state index in [1.165, 1.54) is 0 Å². The lowest BCUT2D eigenvalue weighted by molar-refractivity contribution is 0.402. The zero-order valence-corrected chi connectivity index (χ0v) is 21.2. The molecule has 1 aliphatic rings. The number of thiocarbonyl (C=S) groups is 1. The van der Waals surface area contributed by atoms with Crippen molar-refractivity contribution < 1.29 is 9.47 Å². The van der Waals surface area contributed by atoms with Crippen LogP contribution < -0.4 is 19.7 Å². The summed E-state index contributed by atoms with van der Waals surface area (Å²) in [5.74, 6) is 1.41. The van der Waals surface area contributed by atoms with Gasteiger partial charge in [0, 0.05) is 34.9 Å². The first-order valence-corrected chi connectivity index (χ1v) is 12.0. The van der Waals surface area contributed by atoms with Crippen LogP contribution in [0, 0.1) is 6.92 Å². The summed E-state index contributed by atoms with van der Waals surface area (Å²) in [7, 11) is 3.30. The molecule has 6 nitrogen and oxygen atoms in total. The molecule has 1 aliphatic heterocycles. The third kappa shape index (κ3) is 4.22. The fraction of sp³-hybridized carbons (Fsp3) is 0.185. The zero-order chi connectivity index (χ0) is 24.5. The number of halogens is 1. The fourth-order valence-electron chi connectivity index (χ4n) is 4.55. The smallest absolute Gasteiger partial charge is 0.174 e. The number of anilines is 1. The molecular formula is C27H25ClN4O2S. The Labute approximate surface area is 215 Å². The van der Waals surface area contributed by atoms with Gasteiger partial charge >= 0.3 is 0 Å². The van der Waals surface area contributed by atoms with E-state index in [0.717, 1.165) is 33.3 Å². The van der Waals surface area contributed by atoms with E-state index in [9.17, 15) is 0 Å². The van der Waals surface area contributed by atoms with Crippen LogP contribution in [0.1, 0.15) is 29.0 Å². The van der Waals surface area contributed by atoms with E-state index in [4.69, 9.17) is 33.3 Å². The third-order valence-electron chi connectivity index (χ3n) is 6.25. The molecule has 1 fully saturated rings. The average Bonchev–Trinajstić information content (AvgIpc) is 3.50. The Kier molecular flexibility index (Phi) is 6.36. The molecule has 4 aromatic rings. The lowest BCUT2D eigenvalue weighted by Crippen LogP contribution is -2.30. The zero-order valence-electron chi connectivity index (χ0n) is 19.6. The Balaban J connectivity index is 1.71. The van der Waals surface area contributed by atoms with E-state index in [1.54, 1.807) is 20.4 Å². The Bertz CT molecular complexity index is 1370. The van der Waals surface area contributed by atoms with Crippen molar-refractivity contribution in [3.05, 3.63) is 101 Å². The van der Waals surface area contributed by atoms with Crippen molar-refractivity contribution in [2.45, 2.75) is 19.0 Å². The molecule has 178 valence electrons. The van der Waals surface area contributed by atoms with Crippen LogP contribution in [0.15, 0.2) is 79.1 Å². The Morgan fingerprint density at radius 1 is 1.00 bits per heavy atom. The second kappa shape index (κ2) is 9.60. The Morgan fingerprint density at radius 2 is 1.86 bits per heavy atom. The first-order valence-electron chi connectivity index (χ1n) is 11.2. The minimum absolute atomic E-state index is 0.193. The number of rotatable bonds is 6. The minimum atomic E-state index is -0.218. The first-order chi connectivity index (χ1) is 17.0. The van der Waals surface area contributed by atoms with Crippen LogP contribution >= 0.6 is 23.8 Å². The molecule has 0 bridgehead atoms. The molecule has 35 heavy (non-hydrogen) atoms. The molecule has 1 N–H and O–H groups in total. The molecule has 3 heterocycles. The summed E-state index contributed by atoms with van der Waals surface area (Å²) in [4.78, 5) is 6.74. The largest absolute Gasteiger partial charge is 0.497 e. The number of ether oxygens (including phenoxy) is 2. The van der Waals surface area contributed by atoms with Crippen LogP contribution in [-0.2, 0) is 0 Å². The monoisotopic (exact) mass is 504 g/mol. The summed E-state index contributed by atoms with van der Waals surface area (Å²) in [6, 6.07) is 21.4. The number of methoxy groups -OCH3 is 2. The van der Waals surface area contributed by atoms with Crippen LogP contribution in [0.25, 0.3) is 5.69 Å². The summed E-state index contributed by atoms with van der Waals surface area (Å²) in [6.45, 7) is 2.01. The molecule has 0 aliphatic carbocycles. The van der Waals surface area contributed by atoms with Gasteiger partial charge in [-0.1, -0.05) is 17.7 Å². The maximum absolute atomic E-state index is 6.32. The third-order valence-corrected chi connectivity index (χ3v) is 6.99. The number of aromatic nitrogens is 2. The Hall–Kier alpha value is -3.55. The predicted molar refractivity (Wildman–Crippen MR) is 143 cm³/mol. The number of nitrogens with zero attached hydrogens (tertiary/aromatic N) is 3. The highest BCUT2D eigenvalue weighted by Gasteiger charge is 2.43. The van der Waals surface area contributed by atoms with Gasteiger partial charge in [-0.25, -0.2) is 0 Å². The van der Waals surface area contributed by atoms with Gasteiger partial charge in [0.2, 0.25) is 0 Å². The van der Waals surface area contributed by atoms with Crippen LogP contribution in [0.4, 0.5) is 5.69 Å². The van der Waals surface area contributed by atoms with Gasteiger partial charge in [-0.3, -0.25) is 4.98 Å². The number of pyridine rings is 1. The summed E-state index contributed by atoms with van der Waals surface area (Å²) in [6.07, 6.45) is 3.85. The molecule has 2 aromatic carbocycles. The Morgan fingerprint density at radius 3 is 2.57 bits per heavy atom. The molecule has 0 unspecified atom stereocenters. The summed E-state index contributed by atoms with van der Waals surface area (Å²) in [5.41, 5.74) is 4.77. The molecule has 0 saturated carbocycles. The van der Waals surface area contributed by atoms with E-state index in [1.807, 2.05) is 61.5 Å². The number of nitrogens with one attached hydrogen (secondary N) is 1. The van der Waals surface area contributed by atoms with Crippen molar-refractivity contribution in [1.29, 1.82) is 0 Å². The number of hydrogen-bond acceptors (Lipinski definition) is 4. The van der Waals surface area contributed by atoms with Gasteiger partial charge in [0.25, 0.3) is 0 Å². The second-order valence-electron chi connectivity index (χ2n) is 8.27. The van der Waals surface area contributed by atoms with Gasteiger partial charge < -0.3 is 24.3 Å². The molecule has 2 atom stereocenters. The van der Waals surface area contributed by atoms with Crippen molar-refractivity contribution in [2.75, 3.05) is 19.1 Å². The second-order valence-corrected chi connectivity index (χ2v) is 9.06. The average molecular weight is 505 g/mol. The molecule has 1 saturated heterocycles. The minimum Gasteiger partial charge on any atom is -0.497 e. The SMILES string of the molecule is COc1ccc(OC)c(N2C(=S)N[C@H](c3ccccn3)[C@H]2c2cccn2-c2ccc(Cl)c(C)c2)c1. The van der Waals surface area contributed by atoms with Gasteiger partial charge in [-0.05, 0) is 79.3 Å². The lowest BCUT2D eigenvalue weighted by atomic mass is 10.0. The number of hydrogen-bond donors (Lipinski definition) is 1. The maximum Gasteiger partial charge on any atom is 0.174 e. The van der Waals surface area contributed by atoms with E-state index in [2.05, 4.69) is 38.1 Å². The maximum atomic E-state index is 6.32. The quantitative estimate of drug-likeness (QED) is 0.324. The van der Waals surface area contributed by atoms with Crippen LogP contribution in [0.3, 0.4) is 0 Å².